The molecule has 106 valence electrons. The van der Waals surface area contributed by atoms with Crippen LogP contribution in [0.1, 0.15) is 25.0 Å². The highest BCUT2D eigenvalue weighted by Crippen LogP contribution is 2.23. The normalized spacial score (nSPS) is 20.1. The Morgan fingerprint density at radius 3 is 3.10 bits per heavy atom. The lowest BCUT2D eigenvalue weighted by molar-refractivity contribution is -0.144. The van der Waals surface area contributed by atoms with E-state index in [-0.39, 0.29) is 0 Å². The predicted molar refractivity (Wildman–Crippen MR) is 69.9 cm³/mol. The third-order valence-corrected chi connectivity index (χ3v) is 3.59. The van der Waals surface area contributed by atoms with Crippen molar-refractivity contribution in [1.29, 1.82) is 0 Å². The van der Waals surface area contributed by atoms with Crippen LogP contribution in [0.3, 0.4) is 0 Å². The van der Waals surface area contributed by atoms with Gasteiger partial charge in [-0.25, -0.2) is 0 Å². The van der Waals surface area contributed by atoms with Gasteiger partial charge in [0, 0.05) is 12.6 Å². The topological polar surface area (TPSA) is 79.7 Å². The number of likely N-dealkylation sites (tertiary alicyclic amines) is 1. The van der Waals surface area contributed by atoms with E-state index in [0.717, 1.165) is 25.1 Å². The van der Waals surface area contributed by atoms with Crippen LogP contribution in [0.15, 0.2) is 33.4 Å². The molecule has 1 aliphatic rings. The molecular weight excluding hydrogens is 260 g/mol. The molecule has 1 N–H and O–H groups in total. The van der Waals surface area contributed by atoms with Crippen LogP contribution in [0.25, 0.3) is 11.5 Å². The zero-order valence-electron chi connectivity index (χ0n) is 11.0. The number of aliphatic carboxylic acids is 1. The van der Waals surface area contributed by atoms with Crippen LogP contribution in [0.2, 0.25) is 0 Å². The summed E-state index contributed by atoms with van der Waals surface area (Å²) in [6.07, 6.45) is 4.25. The van der Waals surface area contributed by atoms with Gasteiger partial charge >= 0.3 is 5.97 Å². The molecule has 0 aliphatic carbocycles. The van der Waals surface area contributed by atoms with Gasteiger partial charge in [-0.1, -0.05) is 11.6 Å². The van der Waals surface area contributed by atoms with Gasteiger partial charge in [0.05, 0.1) is 12.0 Å². The summed E-state index contributed by atoms with van der Waals surface area (Å²) in [5.74, 6) is 0.422. The standard InChI is InChI=1S/C14H16N2O4/c17-14(18)11-4-1-2-6-16(11)9-10-8-13(20-15-10)12-5-3-7-19-12/h3,5,7-8,11H,1-2,4,6,9H2,(H,17,18). The van der Waals surface area contributed by atoms with E-state index in [9.17, 15) is 9.90 Å². The quantitative estimate of drug-likeness (QED) is 0.923. The van der Waals surface area contributed by atoms with E-state index in [2.05, 4.69) is 5.16 Å². The van der Waals surface area contributed by atoms with Gasteiger partial charge in [0.25, 0.3) is 0 Å². The van der Waals surface area contributed by atoms with E-state index in [4.69, 9.17) is 8.94 Å². The third kappa shape index (κ3) is 2.60. The van der Waals surface area contributed by atoms with Crippen molar-refractivity contribution in [1.82, 2.24) is 10.1 Å². The summed E-state index contributed by atoms with van der Waals surface area (Å²) < 4.78 is 10.5. The van der Waals surface area contributed by atoms with Crippen molar-refractivity contribution < 1.29 is 18.8 Å². The molecule has 0 spiro atoms. The average molecular weight is 276 g/mol. The first-order valence-electron chi connectivity index (χ1n) is 6.70. The summed E-state index contributed by atoms with van der Waals surface area (Å²) in [6.45, 7) is 1.26. The minimum absolute atomic E-state index is 0.424. The number of carboxylic acid groups (broad SMARTS) is 1. The maximum absolute atomic E-state index is 11.2. The van der Waals surface area contributed by atoms with Gasteiger partial charge in [0.1, 0.15) is 6.04 Å². The SMILES string of the molecule is O=C(O)C1CCCCN1Cc1cc(-c2ccco2)on1. The molecule has 0 aromatic carbocycles. The molecule has 20 heavy (non-hydrogen) atoms. The molecular formula is C14H16N2O4. The second-order valence-electron chi connectivity index (χ2n) is 4.98. The fourth-order valence-corrected chi connectivity index (χ4v) is 2.59. The molecule has 2 aromatic heterocycles. The Morgan fingerprint density at radius 2 is 2.35 bits per heavy atom. The van der Waals surface area contributed by atoms with E-state index < -0.39 is 12.0 Å². The Kier molecular flexibility index (Phi) is 3.56. The zero-order chi connectivity index (χ0) is 13.9. The Bertz CT molecular complexity index is 576. The van der Waals surface area contributed by atoms with Gasteiger partial charge in [-0.15, -0.1) is 0 Å². The van der Waals surface area contributed by atoms with Crippen LogP contribution < -0.4 is 0 Å². The van der Waals surface area contributed by atoms with Crippen molar-refractivity contribution in [3.63, 3.8) is 0 Å². The van der Waals surface area contributed by atoms with Crippen molar-refractivity contribution in [3.05, 3.63) is 30.2 Å². The zero-order valence-corrected chi connectivity index (χ0v) is 11.0. The molecule has 1 saturated heterocycles. The molecule has 3 heterocycles. The number of hydrogen-bond acceptors (Lipinski definition) is 5. The van der Waals surface area contributed by atoms with Crippen molar-refractivity contribution in [2.75, 3.05) is 6.54 Å². The van der Waals surface area contributed by atoms with E-state index >= 15 is 0 Å². The van der Waals surface area contributed by atoms with E-state index in [0.29, 0.717) is 24.5 Å². The van der Waals surface area contributed by atoms with Crippen molar-refractivity contribution in [2.45, 2.75) is 31.8 Å². The minimum Gasteiger partial charge on any atom is -0.480 e. The predicted octanol–water partition coefficient (Wildman–Crippen LogP) is 2.37. The van der Waals surface area contributed by atoms with Crippen molar-refractivity contribution in [3.8, 4) is 11.5 Å². The van der Waals surface area contributed by atoms with Crippen LogP contribution in [0.4, 0.5) is 0 Å². The molecule has 6 heteroatoms. The lowest BCUT2D eigenvalue weighted by atomic mass is 10.0. The largest absolute Gasteiger partial charge is 0.480 e. The summed E-state index contributed by atoms with van der Waals surface area (Å²) in [7, 11) is 0. The number of furan rings is 1. The summed E-state index contributed by atoms with van der Waals surface area (Å²) >= 11 is 0. The molecule has 0 saturated carbocycles. The average Bonchev–Trinajstić information content (AvgIpc) is 3.09. The number of aromatic nitrogens is 1. The van der Waals surface area contributed by atoms with Gasteiger partial charge < -0.3 is 14.0 Å². The Labute approximate surface area is 116 Å². The fourth-order valence-electron chi connectivity index (χ4n) is 2.59. The van der Waals surface area contributed by atoms with E-state index in [1.165, 1.54) is 0 Å². The molecule has 0 amide bonds. The minimum atomic E-state index is -0.764. The third-order valence-electron chi connectivity index (χ3n) is 3.59. The number of nitrogens with zero attached hydrogens (tertiary/aromatic N) is 2. The molecule has 0 bridgehead atoms. The van der Waals surface area contributed by atoms with E-state index in [1.54, 1.807) is 24.5 Å². The Hall–Kier alpha value is -2.08. The first kappa shape index (κ1) is 12.9. The first-order valence-corrected chi connectivity index (χ1v) is 6.70. The van der Waals surface area contributed by atoms with Gasteiger partial charge in [-0.2, -0.15) is 0 Å². The van der Waals surface area contributed by atoms with Gasteiger partial charge in [0.15, 0.2) is 5.76 Å². The number of carboxylic acids is 1. The second kappa shape index (κ2) is 5.50. The van der Waals surface area contributed by atoms with Gasteiger partial charge in [-0.3, -0.25) is 9.69 Å². The molecule has 1 unspecified atom stereocenters. The van der Waals surface area contributed by atoms with Crippen LogP contribution in [-0.2, 0) is 11.3 Å². The summed E-state index contributed by atoms with van der Waals surface area (Å²) in [4.78, 5) is 13.2. The van der Waals surface area contributed by atoms with Gasteiger partial charge in [-0.05, 0) is 31.5 Å². The lowest BCUT2D eigenvalue weighted by Gasteiger charge is -2.31. The van der Waals surface area contributed by atoms with Crippen molar-refractivity contribution >= 4 is 5.97 Å². The highest BCUT2D eigenvalue weighted by atomic mass is 16.5. The molecule has 1 atom stereocenters. The highest BCUT2D eigenvalue weighted by Gasteiger charge is 2.29. The summed E-state index contributed by atoms with van der Waals surface area (Å²) in [5, 5.41) is 13.2. The smallest absolute Gasteiger partial charge is 0.320 e. The summed E-state index contributed by atoms with van der Waals surface area (Å²) in [6, 6.07) is 4.95. The number of rotatable bonds is 4. The maximum atomic E-state index is 11.2. The first-order chi connectivity index (χ1) is 9.74. The maximum Gasteiger partial charge on any atom is 0.320 e. The number of piperidine rings is 1. The van der Waals surface area contributed by atoms with Crippen molar-refractivity contribution in [2.24, 2.45) is 0 Å². The Morgan fingerprint density at radius 1 is 1.45 bits per heavy atom. The molecule has 3 rings (SSSR count). The van der Waals surface area contributed by atoms with E-state index in [1.807, 2.05) is 4.90 Å². The van der Waals surface area contributed by atoms with Gasteiger partial charge in [0.2, 0.25) is 5.76 Å². The summed E-state index contributed by atoms with van der Waals surface area (Å²) in [5.41, 5.74) is 0.726. The molecule has 0 radical (unpaired) electrons. The molecule has 1 fully saturated rings. The monoisotopic (exact) mass is 276 g/mol. The fraction of sp³-hybridized carbons (Fsp3) is 0.429. The molecule has 6 nitrogen and oxygen atoms in total. The number of carbonyl (C=O) groups is 1. The van der Waals surface area contributed by atoms with Crippen LogP contribution in [0.5, 0.6) is 0 Å². The van der Waals surface area contributed by atoms with Crippen LogP contribution >= 0.6 is 0 Å². The van der Waals surface area contributed by atoms with Crippen LogP contribution in [0, 0.1) is 0 Å². The Balaban J connectivity index is 1.72. The second-order valence-corrected chi connectivity index (χ2v) is 4.98. The van der Waals surface area contributed by atoms with Crippen LogP contribution in [-0.4, -0.2) is 33.7 Å². The molecule has 1 aliphatic heterocycles. The number of hydrogen-bond donors (Lipinski definition) is 1. The lowest BCUT2D eigenvalue weighted by Crippen LogP contribution is -2.44. The highest BCUT2D eigenvalue weighted by molar-refractivity contribution is 5.73. The molecule has 2 aromatic rings.